The molecule has 4 rings (SSSR count). The smallest absolute Gasteiger partial charge is 0.252 e. The number of nitrogens with zero attached hydrogens (tertiary/aromatic N) is 2. The number of benzene rings is 3. The van der Waals surface area contributed by atoms with Crippen molar-refractivity contribution in [2.75, 3.05) is 17.3 Å². The molecule has 3 aromatic rings. The predicted octanol–water partition coefficient (Wildman–Crippen LogP) is 3.18. The molecular formula is C26H25N3O6S. The summed E-state index contributed by atoms with van der Waals surface area (Å²) in [6.07, 6.45) is -0.297. The summed E-state index contributed by atoms with van der Waals surface area (Å²) in [5, 5.41) is 2.62. The van der Waals surface area contributed by atoms with Crippen LogP contribution in [0.2, 0.25) is 0 Å². The first-order valence-electron chi connectivity index (χ1n) is 11.1. The molecule has 0 spiro atoms. The van der Waals surface area contributed by atoms with Crippen molar-refractivity contribution in [2.24, 2.45) is 0 Å². The second kappa shape index (κ2) is 10.3. The molecule has 0 bridgehead atoms. The van der Waals surface area contributed by atoms with Crippen LogP contribution in [0, 0.1) is 0 Å². The Morgan fingerprint density at radius 3 is 2.22 bits per heavy atom. The van der Waals surface area contributed by atoms with E-state index in [-0.39, 0.29) is 23.8 Å². The number of anilines is 2. The highest BCUT2D eigenvalue weighted by Crippen LogP contribution is 2.31. The van der Waals surface area contributed by atoms with E-state index in [1.165, 1.54) is 50.4 Å². The highest BCUT2D eigenvalue weighted by atomic mass is 32.2. The number of carbonyl (C=O) groups excluding carboxylic acids is 3. The number of hydrogen-bond donors (Lipinski definition) is 1. The van der Waals surface area contributed by atoms with Gasteiger partial charge in [-0.2, -0.15) is 4.31 Å². The Balaban J connectivity index is 1.69. The van der Waals surface area contributed by atoms with Crippen LogP contribution in [-0.4, -0.2) is 43.6 Å². The van der Waals surface area contributed by atoms with Crippen LogP contribution in [0.4, 0.5) is 11.4 Å². The lowest BCUT2D eigenvalue weighted by atomic mass is 10.2. The van der Waals surface area contributed by atoms with Gasteiger partial charge in [0.15, 0.2) is 0 Å². The lowest BCUT2D eigenvalue weighted by Gasteiger charge is -2.27. The van der Waals surface area contributed by atoms with Gasteiger partial charge in [0, 0.05) is 19.2 Å². The van der Waals surface area contributed by atoms with Crippen LogP contribution in [0.1, 0.15) is 18.9 Å². The molecule has 36 heavy (non-hydrogen) atoms. The van der Waals surface area contributed by atoms with Crippen molar-refractivity contribution in [3.05, 3.63) is 84.4 Å². The van der Waals surface area contributed by atoms with Crippen LogP contribution in [0.15, 0.2) is 83.8 Å². The summed E-state index contributed by atoms with van der Waals surface area (Å²) in [5.74, 6) is -0.915. The third-order valence-electron chi connectivity index (χ3n) is 5.76. The summed E-state index contributed by atoms with van der Waals surface area (Å²) < 4.78 is 33.7. The Labute approximate surface area is 209 Å². The molecule has 0 radical (unpaired) electrons. The molecule has 10 heteroatoms. The van der Waals surface area contributed by atoms with Gasteiger partial charge < -0.3 is 10.1 Å². The summed E-state index contributed by atoms with van der Waals surface area (Å²) in [6.45, 7) is 1.28. The van der Waals surface area contributed by atoms with E-state index in [4.69, 9.17) is 4.74 Å². The topological polar surface area (TPSA) is 113 Å². The molecule has 186 valence electrons. The van der Waals surface area contributed by atoms with Gasteiger partial charge >= 0.3 is 0 Å². The molecule has 0 aromatic heterocycles. The molecule has 1 aliphatic rings. The number of sulfonamides is 1. The van der Waals surface area contributed by atoms with Crippen LogP contribution in [-0.2, 0) is 31.0 Å². The van der Waals surface area contributed by atoms with Gasteiger partial charge in [-0.1, -0.05) is 30.3 Å². The number of methoxy groups -OCH3 is 1. The SMILES string of the molecule is COc1ccc(S(=O)(=O)N(Cc2ccccc2)C2CC(=O)N(c3ccc(NC(C)=O)cc3)C2=O)cc1. The fourth-order valence-corrected chi connectivity index (χ4v) is 5.59. The average molecular weight is 508 g/mol. The van der Waals surface area contributed by atoms with Gasteiger partial charge in [0.05, 0.1) is 24.1 Å². The van der Waals surface area contributed by atoms with Crippen LogP contribution in [0.3, 0.4) is 0 Å². The van der Waals surface area contributed by atoms with E-state index in [9.17, 15) is 22.8 Å². The number of imide groups is 1. The summed E-state index contributed by atoms with van der Waals surface area (Å²) >= 11 is 0. The molecule has 3 aromatic carbocycles. The number of carbonyl (C=O) groups is 3. The molecule has 1 fully saturated rings. The Kier molecular flexibility index (Phi) is 7.18. The van der Waals surface area contributed by atoms with E-state index in [1.54, 1.807) is 36.4 Å². The largest absolute Gasteiger partial charge is 0.497 e. The Bertz CT molecular complexity index is 1370. The lowest BCUT2D eigenvalue weighted by molar-refractivity contribution is -0.122. The first kappa shape index (κ1) is 25.1. The van der Waals surface area contributed by atoms with Crippen molar-refractivity contribution < 1.29 is 27.5 Å². The normalized spacial score (nSPS) is 15.9. The molecule has 1 aliphatic heterocycles. The van der Waals surface area contributed by atoms with Gasteiger partial charge in [0.2, 0.25) is 21.8 Å². The van der Waals surface area contributed by atoms with Crippen LogP contribution < -0.4 is 15.0 Å². The Morgan fingerprint density at radius 1 is 1.00 bits per heavy atom. The molecular weight excluding hydrogens is 482 g/mol. The second-order valence-electron chi connectivity index (χ2n) is 8.23. The Hall–Kier alpha value is -4.02. The summed E-state index contributed by atoms with van der Waals surface area (Å²) in [5.41, 5.74) is 1.48. The first-order valence-corrected chi connectivity index (χ1v) is 12.6. The highest BCUT2D eigenvalue weighted by molar-refractivity contribution is 7.89. The lowest BCUT2D eigenvalue weighted by Crippen LogP contribution is -2.45. The number of rotatable bonds is 8. The van der Waals surface area contributed by atoms with Gasteiger partial charge in [-0.3, -0.25) is 14.4 Å². The maximum absolute atomic E-state index is 13.7. The van der Waals surface area contributed by atoms with Gasteiger partial charge in [0.1, 0.15) is 11.8 Å². The zero-order valence-corrected chi connectivity index (χ0v) is 20.6. The molecule has 1 heterocycles. The van der Waals surface area contributed by atoms with Crippen molar-refractivity contribution in [2.45, 2.75) is 30.8 Å². The number of nitrogens with one attached hydrogen (secondary N) is 1. The zero-order valence-electron chi connectivity index (χ0n) is 19.7. The minimum atomic E-state index is -4.16. The number of ether oxygens (including phenoxy) is 1. The predicted molar refractivity (Wildman–Crippen MR) is 134 cm³/mol. The van der Waals surface area contributed by atoms with Gasteiger partial charge in [0.25, 0.3) is 5.91 Å². The number of hydrogen-bond acceptors (Lipinski definition) is 6. The molecule has 1 N–H and O–H groups in total. The third kappa shape index (κ3) is 5.14. The van der Waals surface area contributed by atoms with Crippen LogP contribution in [0.5, 0.6) is 5.75 Å². The summed E-state index contributed by atoms with van der Waals surface area (Å²) in [4.78, 5) is 38.7. The molecule has 1 unspecified atom stereocenters. The molecule has 1 saturated heterocycles. The van der Waals surface area contributed by atoms with Crippen molar-refractivity contribution in [3.63, 3.8) is 0 Å². The molecule has 3 amide bonds. The molecule has 1 atom stereocenters. The van der Waals surface area contributed by atoms with Crippen molar-refractivity contribution in [1.82, 2.24) is 4.31 Å². The fourth-order valence-electron chi connectivity index (χ4n) is 4.02. The van der Waals surface area contributed by atoms with Crippen molar-refractivity contribution >= 4 is 39.1 Å². The zero-order chi connectivity index (χ0) is 25.9. The molecule has 0 aliphatic carbocycles. The summed E-state index contributed by atoms with van der Waals surface area (Å²) in [7, 11) is -2.68. The van der Waals surface area contributed by atoms with E-state index in [0.29, 0.717) is 22.7 Å². The second-order valence-corrected chi connectivity index (χ2v) is 10.1. The van der Waals surface area contributed by atoms with Gasteiger partial charge in [-0.25, -0.2) is 13.3 Å². The van der Waals surface area contributed by atoms with E-state index < -0.39 is 27.9 Å². The van der Waals surface area contributed by atoms with Crippen LogP contribution >= 0.6 is 0 Å². The maximum Gasteiger partial charge on any atom is 0.252 e. The van der Waals surface area contributed by atoms with Gasteiger partial charge in [-0.05, 0) is 54.1 Å². The third-order valence-corrected chi connectivity index (χ3v) is 7.63. The van der Waals surface area contributed by atoms with E-state index in [2.05, 4.69) is 5.32 Å². The average Bonchev–Trinajstić information content (AvgIpc) is 3.16. The van der Waals surface area contributed by atoms with E-state index in [1.807, 2.05) is 6.07 Å². The quantitative estimate of drug-likeness (QED) is 0.469. The van der Waals surface area contributed by atoms with Crippen molar-refractivity contribution in [3.8, 4) is 5.75 Å². The van der Waals surface area contributed by atoms with Crippen LogP contribution in [0.25, 0.3) is 0 Å². The van der Waals surface area contributed by atoms with E-state index >= 15 is 0 Å². The monoisotopic (exact) mass is 507 g/mol. The van der Waals surface area contributed by atoms with E-state index in [0.717, 1.165) is 9.21 Å². The number of amides is 3. The Morgan fingerprint density at radius 2 is 1.64 bits per heavy atom. The minimum absolute atomic E-state index is 0.0161. The first-order chi connectivity index (χ1) is 17.2. The fraction of sp³-hybridized carbons (Fsp3) is 0.192. The van der Waals surface area contributed by atoms with Gasteiger partial charge in [-0.15, -0.1) is 0 Å². The minimum Gasteiger partial charge on any atom is -0.497 e. The highest BCUT2D eigenvalue weighted by Gasteiger charge is 2.47. The molecule has 0 saturated carbocycles. The molecule has 9 nitrogen and oxygen atoms in total. The standard InChI is InChI=1S/C26H25N3O6S/c1-18(30)27-20-8-10-21(11-9-20)29-25(31)16-24(26(29)32)28(17-19-6-4-3-5-7-19)36(33,34)23-14-12-22(35-2)13-15-23/h3-15,24H,16-17H2,1-2H3,(H,27,30). The maximum atomic E-state index is 13.7. The van der Waals surface area contributed by atoms with Crippen molar-refractivity contribution in [1.29, 1.82) is 0 Å². The summed E-state index contributed by atoms with van der Waals surface area (Å²) in [6, 6.07) is 19.7.